The van der Waals surface area contributed by atoms with Crippen LogP contribution in [0.3, 0.4) is 0 Å². The average molecular weight is 367 g/mol. The molecule has 3 aromatic rings. The quantitative estimate of drug-likeness (QED) is 0.709. The highest BCUT2D eigenvalue weighted by atomic mass is 32.1. The Labute approximate surface area is 154 Å². The number of carbonyl (C=O) groups is 1. The second kappa shape index (κ2) is 6.86. The van der Waals surface area contributed by atoms with Crippen molar-refractivity contribution in [1.82, 2.24) is 15.4 Å². The molecule has 0 saturated heterocycles. The molecular weight excluding hydrogens is 350 g/mol. The van der Waals surface area contributed by atoms with Crippen molar-refractivity contribution in [2.45, 2.75) is 19.9 Å². The first-order valence-corrected chi connectivity index (χ1v) is 9.15. The van der Waals surface area contributed by atoms with Crippen LogP contribution >= 0.6 is 11.3 Å². The third kappa shape index (κ3) is 2.95. The lowest BCUT2D eigenvalue weighted by molar-refractivity contribution is 0.0525. The van der Waals surface area contributed by atoms with Crippen LogP contribution in [0.2, 0.25) is 0 Å². The number of nitrogens with one attached hydrogen (secondary N) is 1. The summed E-state index contributed by atoms with van der Waals surface area (Å²) in [5.74, 6) is 0.00678. The molecular formula is C19H17N3O3S. The lowest BCUT2D eigenvalue weighted by Crippen LogP contribution is -2.18. The Kier molecular flexibility index (Phi) is 4.40. The Bertz CT molecular complexity index is 957. The fraction of sp³-hybridized carbons (Fsp3) is 0.211. The molecule has 0 amide bonds. The first kappa shape index (κ1) is 16.7. The van der Waals surface area contributed by atoms with Crippen LogP contribution in [0.1, 0.15) is 39.3 Å². The van der Waals surface area contributed by atoms with Gasteiger partial charge in [0.25, 0.3) is 0 Å². The van der Waals surface area contributed by atoms with Crippen molar-refractivity contribution in [1.29, 1.82) is 0 Å². The molecule has 1 atom stereocenters. The number of nitrogens with zero attached hydrogens (tertiary/aromatic N) is 2. The Hall–Kier alpha value is -2.77. The van der Waals surface area contributed by atoms with Gasteiger partial charge in [-0.25, -0.2) is 9.78 Å². The maximum absolute atomic E-state index is 12.6. The second-order valence-corrected chi connectivity index (χ2v) is 6.89. The van der Waals surface area contributed by atoms with Crippen molar-refractivity contribution >= 4 is 17.3 Å². The molecule has 1 aliphatic heterocycles. The van der Waals surface area contributed by atoms with Crippen LogP contribution in [-0.2, 0) is 4.74 Å². The molecule has 26 heavy (non-hydrogen) atoms. The maximum atomic E-state index is 12.6. The van der Waals surface area contributed by atoms with E-state index < -0.39 is 0 Å². The standard InChI is InChI=1S/C19H17N3O3S/c1-3-24-19(23)13-8-14(12-7-11(2)9-20-10-12)21-18-16(13)17(22-25-18)15-5-4-6-26-15/h4-10,17,22H,3H2,1-2H3. The van der Waals surface area contributed by atoms with Gasteiger partial charge in [0.15, 0.2) is 0 Å². The summed E-state index contributed by atoms with van der Waals surface area (Å²) in [7, 11) is 0. The van der Waals surface area contributed by atoms with E-state index in [-0.39, 0.29) is 12.0 Å². The highest BCUT2D eigenvalue weighted by molar-refractivity contribution is 7.10. The zero-order valence-electron chi connectivity index (χ0n) is 14.4. The molecule has 4 rings (SSSR count). The van der Waals surface area contributed by atoms with Crippen molar-refractivity contribution in [2.24, 2.45) is 0 Å². The number of thiophene rings is 1. The molecule has 0 spiro atoms. The summed E-state index contributed by atoms with van der Waals surface area (Å²) in [5.41, 5.74) is 6.59. The summed E-state index contributed by atoms with van der Waals surface area (Å²) in [5, 5.41) is 1.99. The van der Waals surface area contributed by atoms with Crippen LogP contribution in [-0.4, -0.2) is 22.5 Å². The lowest BCUT2D eigenvalue weighted by Gasteiger charge is -2.12. The largest absolute Gasteiger partial charge is 0.462 e. The molecule has 0 aromatic carbocycles. The third-order valence-electron chi connectivity index (χ3n) is 4.08. The van der Waals surface area contributed by atoms with Gasteiger partial charge in [-0.3, -0.25) is 4.98 Å². The molecule has 132 valence electrons. The van der Waals surface area contributed by atoms with Crippen LogP contribution in [0.5, 0.6) is 5.88 Å². The van der Waals surface area contributed by atoms with Crippen molar-refractivity contribution in [2.75, 3.05) is 6.61 Å². The first-order chi connectivity index (χ1) is 12.7. The van der Waals surface area contributed by atoms with Crippen molar-refractivity contribution < 1.29 is 14.4 Å². The number of ether oxygens (including phenoxy) is 1. The van der Waals surface area contributed by atoms with Gasteiger partial charge < -0.3 is 9.57 Å². The maximum Gasteiger partial charge on any atom is 0.338 e. The molecule has 6 nitrogen and oxygen atoms in total. The Morgan fingerprint density at radius 2 is 2.27 bits per heavy atom. The number of hydrogen-bond donors (Lipinski definition) is 1. The van der Waals surface area contributed by atoms with Crippen LogP contribution in [0.15, 0.2) is 42.0 Å². The van der Waals surface area contributed by atoms with Crippen molar-refractivity contribution in [3.63, 3.8) is 0 Å². The summed E-state index contributed by atoms with van der Waals surface area (Å²) in [6.45, 7) is 4.05. The van der Waals surface area contributed by atoms with E-state index in [4.69, 9.17) is 9.57 Å². The number of hydroxylamine groups is 1. The molecule has 0 saturated carbocycles. The molecule has 7 heteroatoms. The fourth-order valence-corrected chi connectivity index (χ4v) is 3.71. The number of aryl methyl sites for hydroxylation is 1. The molecule has 1 aliphatic rings. The molecule has 0 aliphatic carbocycles. The number of rotatable bonds is 4. The molecule has 0 radical (unpaired) electrons. The van der Waals surface area contributed by atoms with E-state index in [1.165, 1.54) is 0 Å². The van der Waals surface area contributed by atoms with E-state index in [9.17, 15) is 4.79 Å². The van der Waals surface area contributed by atoms with Gasteiger partial charge in [-0.2, -0.15) is 0 Å². The minimum absolute atomic E-state index is 0.249. The van der Waals surface area contributed by atoms with Crippen LogP contribution < -0.4 is 10.3 Å². The van der Waals surface area contributed by atoms with Gasteiger partial charge in [0.2, 0.25) is 5.88 Å². The number of aromatic nitrogens is 2. The summed E-state index contributed by atoms with van der Waals surface area (Å²) in [6, 6.07) is 7.43. The highest BCUT2D eigenvalue weighted by Gasteiger charge is 2.34. The van der Waals surface area contributed by atoms with Gasteiger partial charge in [-0.1, -0.05) is 6.07 Å². The minimum Gasteiger partial charge on any atom is -0.462 e. The third-order valence-corrected chi connectivity index (χ3v) is 5.02. The van der Waals surface area contributed by atoms with Gasteiger partial charge in [0.1, 0.15) is 6.04 Å². The predicted octanol–water partition coefficient (Wildman–Crippen LogP) is 3.68. The molecule has 3 aromatic heterocycles. The van der Waals surface area contributed by atoms with Gasteiger partial charge in [0.05, 0.1) is 23.4 Å². The van der Waals surface area contributed by atoms with E-state index in [1.54, 1.807) is 36.7 Å². The Morgan fingerprint density at radius 3 is 3.00 bits per heavy atom. The molecule has 4 heterocycles. The summed E-state index contributed by atoms with van der Waals surface area (Å²) >= 11 is 1.59. The predicted molar refractivity (Wildman–Crippen MR) is 98.1 cm³/mol. The SMILES string of the molecule is CCOC(=O)c1cc(-c2cncc(C)c2)nc2c1C(c1cccs1)NO2. The molecule has 0 fully saturated rings. The van der Waals surface area contributed by atoms with E-state index in [2.05, 4.69) is 15.4 Å². The number of pyridine rings is 2. The summed E-state index contributed by atoms with van der Waals surface area (Å²) < 4.78 is 5.27. The zero-order chi connectivity index (χ0) is 18.1. The molecule has 1 N–H and O–H groups in total. The van der Waals surface area contributed by atoms with E-state index >= 15 is 0 Å². The average Bonchev–Trinajstić information content (AvgIpc) is 3.30. The minimum atomic E-state index is -0.387. The second-order valence-electron chi connectivity index (χ2n) is 5.91. The molecule has 1 unspecified atom stereocenters. The van der Waals surface area contributed by atoms with E-state index in [0.29, 0.717) is 29.3 Å². The van der Waals surface area contributed by atoms with Gasteiger partial charge in [-0.15, -0.1) is 16.8 Å². The number of esters is 1. The van der Waals surface area contributed by atoms with Crippen molar-refractivity contribution in [3.8, 4) is 17.1 Å². The Morgan fingerprint density at radius 1 is 1.38 bits per heavy atom. The lowest BCUT2D eigenvalue weighted by atomic mass is 9.99. The van der Waals surface area contributed by atoms with E-state index in [1.807, 2.05) is 30.5 Å². The van der Waals surface area contributed by atoms with Crippen LogP contribution in [0, 0.1) is 6.92 Å². The van der Waals surface area contributed by atoms with Gasteiger partial charge in [0, 0.05) is 22.8 Å². The highest BCUT2D eigenvalue weighted by Crippen LogP contribution is 2.40. The van der Waals surface area contributed by atoms with E-state index in [0.717, 1.165) is 16.0 Å². The zero-order valence-corrected chi connectivity index (χ0v) is 15.2. The fourth-order valence-electron chi connectivity index (χ4n) is 2.94. The van der Waals surface area contributed by atoms with Crippen LogP contribution in [0.4, 0.5) is 0 Å². The molecule has 0 bridgehead atoms. The van der Waals surface area contributed by atoms with Crippen LogP contribution in [0.25, 0.3) is 11.3 Å². The number of hydrogen-bond acceptors (Lipinski definition) is 7. The van der Waals surface area contributed by atoms with Gasteiger partial charge in [-0.05, 0) is 43.0 Å². The number of carbonyl (C=O) groups excluding carboxylic acids is 1. The smallest absolute Gasteiger partial charge is 0.338 e. The Balaban J connectivity index is 1.87. The number of fused-ring (bicyclic) bond motifs is 1. The monoisotopic (exact) mass is 367 g/mol. The summed E-state index contributed by atoms with van der Waals surface area (Å²) in [6.07, 6.45) is 3.49. The normalized spacial score (nSPS) is 15.4. The first-order valence-electron chi connectivity index (χ1n) is 8.27. The van der Waals surface area contributed by atoms with Gasteiger partial charge >= 0.3 is 5.97 Å². The topological polar surface area (TPSA) is 73.3 Å². The van der Waals surface area contributed by atoms with Crippen molar-refractivity contribution in [3.05, 3.63) is 63.6 Å². The summed E-state index contributed by atoms with van der Waals surface area (Å²) in [4.78, 5) is 28.1.